The predicted molar refractivity (Wildman–Crippen MR) is 89.5 cm³/mol. The normalized spacial score (nSPS) is 12.3. The van der Waals surface area contributed by atoms with Gasteiger partial charge in [-0.3, -0.25) is 0 Å². The van der Waals surface area contributed by atoms with Crippen LogP contribution in [0.15, 0.2) is 40.2 Å². The minimum absolute atomic E-state index is 0.385. The molecule has 0 fully saturated rings. The maximum atomic E-state index is 5.81. The van der Waals surface area contributed by atoms with Gasteiger partial charge in [-0.15, -0.1) is 11.3 Å². The van der Waals surface area contributed by atoms with Crippen molar-refractivity contribution in [3.8, 4) is 5.75 Å². The highest BCUT2D eigenvalue weighted by atomic mass is 79.9. The molecule has 1 heterocycles. The van der Waals surface area contributed by atoms with E-state index < -0.39 is 0 Å². The molecule has 1 aromatic heterocycles. The third-order valence-corrected chi connectivity index (χ3v) is 5.04. The van der Waals surface area contributed by atoms with E-state index in [0.717, 1.165) is 23.2 Å². The second-order valence-corrected chi connectivity index (χ2v) is 6.58. The second-order valence-electron chi connectivity index (χ2n) is 4.73. The van der Waals surface area contributed by atoms with Crippen LogP contribution >= 0.6 is 27.3 Å². The van der Waals surface area contributed by atoms with Gasteiger partial charge in [0.2, 0.25) is 0 Å². The molecule has 0 aliphatic heterocycles. The molecule has 2 rings (SSSR count). The van der Waals surface area contributed by atoms with Crippen molar-refractivity contribution in [2.24, 2.45) is 0 Å². The van der Waals surface area contributed by atoms with Crippen LogP contribution in [-0.4, -0.2) is 6.54 Å². The number of benzene rings is 1. The third kappa shape index (κ3) is 4.33. The Morgan fingerprint density at radius 1 is 1.25 bits per heavy atom. The molecule has 2 nitrogen and oxygen atoms in total. The van der Waals surface area contributed by atoms with Gasteiger partial charge in [-0.25, -0.2) is 0 Å². The summed E-state index contributed by atoms with van der Waals surface area (Å²) in [5.41, 5.74) is 1.29. The first-order valence-electron chi connectivity index (χ1n) is 6.88. The van der Waals surface area contributed by atoms with E-state index in [0.29, 0.717) is 12.6 Å². The van der Waals surface area contributed by atoms with Crippen molar-refractivity contribution in [1.82, 2.24) is 5.32 Å². The number of nitrogens with one attached hydrogen (secondary N) is 1. The van der Waals surface area contributed by atoms with Gasteiger partial charge >= 0.3 is 0 Å². The first-order valence-corrected chi connectivity index (χ1v) is 8.56. The molecule has 2 aromatic rings. The monoisotopic (exact) mass is 353 g/mol. The van der Waals surface area contributed by atoms with Crippen LogP contribution < -0.4 is 10.1 Å². The lowest BCUT2D eigenvalue weighted by atomic mass is 10.1. The van der Waals surface area contributed by atoms with Crippen molar-refractivity contribution in [2.75, 3.05) is 6.54 Å². The Hall–Kier alpha value is -0.840. The molecule has 1 aromatic carbocycles. The molecule has 0 aliphatic carbocycles. The van der Waals surface area contributed by atoms with E-state index >= 15 is 0 Å². The smallest absolute Gasteiger partial charge is 0.124 e. The molecule has 0 radical (unpaired) electrons. The molecule has 1 N–H and O–H groups in total. The summed E-state index contributed by atoms with van der Waals surface area (Å²) >= 11 is 5.22. The molecule has 1 atom stereocenters. The van der Waals surface area contributed by atoms with Crippen molar-refractivity contribution in [2.45, 2.75) is 32.9 Å². The highest BCUT2D eigenvalue weighted by Crippen LogP contribution is 2.25. The van der Waals surface area contributed by atoms with Crippen LogP contribution in [0, 0.1) is 0 Å². The Kier molecular flexibility index (Phi) is 6.07. The van der Waals surface area contributed by atoms with Gasteiger partial charge in [0.15, 0.2) is 0 Å². The minimum Gasteiger partial charge on any atom is -0.488 e. The third-order valence-electron chi connectivity index (χ3n) is 3.14. The summed E-state index contributed by atoms with van der Waals surface area (Å²) in [6.45, 7) is 6.03. The van der Waals surface area contributed by atoms with Gasteiger partial charge < -0.3 is 10.1 Å². The number of halogens is 1. The van der Waals surface area contributed by atoms with Crippen molar-refractivity contribution >= 4 is 27.3 Å². The summed E-state index contributed by atoms with van der Waals surface area (Å²) < 4.78 is 6.93. The molecule has 20 heavy (non-hydrogen) atoms. The highest BCUT2D eigenvalue weighted by Gasteiger charge is 2.05. The minimum atomic E-state index is 0.385. The van der Waals surface area contributed by atoms with Gasteiger partial charge in [-0.05, 0) is 65.0 Å². The van der Waals surface area contributed by atoms with E-state index in [1.807, 2.05) is 18.2 Å². The molecule has 0 saturated carbocycles. The molecular weight excluding hydrogens is 334 g/mol. The van der Waals surface area contributed by atoms with Gasteiger partial charge in [0.05, 0.1) is 4.88 Å². The molecule has 4 heteroatoms. The van der Waals surface area contributed by atoms with Crippen molar-refractivity contribution in [1.29, 1.82) is 0 Å². The van der Waals surface area contributed by atoms with Gasteiger partial charge in [0, 0.05) is 10.5 Å². The van der Waals surface area contributed by atoms with Crippen molar-refractivity contribution in [3.05, 3.63) is 50.6 Å². The molecule has 0 aliphatic rings. The Morgan fingerprint density at radius 2 is 2.00 bits per heavy atom. The molecule has 1 unspecified atom stereocenters. The zero-order chi connectivity index (χ0) is 14.4. The largest absolute Gasteiger partial charge is 0.488 e. The predicted octanol–water partition coefficient (Wildman–Crippen LogP) is 5.15. The van der Waals surface area contributed by atoms with Crippen LogP contribution in [0.2, 0.25) is 0 Å². The van der Waals surface area contributed by atoms with E-state index in [-0.39, 0.29) is 0 Å². The fourth-order valence-electron chi connectivity index (χ4n) is 1.91. The van der Waals surface area contributed by atoms with E-state index in [1.54, 1.807) is 11.3 Å². The van der Waals surface area contributed by atoms with E-state index in [4.69, 9.17) is 4.74 Å². The van der Waals surface area contributed by atoms with Crippen LogP contribution in [-0.2, 0) is 6.61 Å². The summed E-state index contributed by atoms with van der Waals surface area (Å²) in [6, 6.07) is 10.8. The molecule has 0 amide bonds. The summed E-state index contributed by atoms with van der Waals surface area (Å²) in [6.07, 6.45) is 1.15. The number of hydrogen-bond acceptors (Lipinski definition) is 3. The quantitative estimate of drug-likeness (QED) is 0.742. The summed E-state index contributed by atoms with van der Waals surface area (Å²) in [5, 5.41) is 5.55. The Balaban J connectivity index is 1.89. The Morgan fingerprint density at radius 3 is 2.60 bits per heavy atom. The van der Waals surface area contributed by atoms with E-state index in [9.17, 15) is 0 Å². The maximum Gasteiger partial charge on any atom is 0.124 e. The number of hydrogen-bond donors (Lipinski definition) is 1. The number of thiophene rings is 1. The molecule has 0 bridgehead atoms. The lowest BCUT2D eigenvalue weighted by Crippen LogP contribution is -2.19. The van der Waals surface area contributed by atoms with Gasteiger partial charge in [-0.1, -0.05) is 19.1 Å². The Bertz CT molecular complexity index is 524. The van der Waals surface area contributed by atoms with E-state index in [2.05, 4.69) is 52.6 Å². The van der Waals surface area contributed by atoms with Crippen molar-refractivity contribution < 1.29 is 4.74 Å². The molecule has 108 valence electrons. The maximum absolute atomic E-state index is 5.81. The topological polar surface area (TPSA) is 21.3 Å². The first kappa shape index (κ1) is 15.5. The van der Waals surface area contributed by atoms with Crippen LogP contribution in [0.4, 0.5) is 0 Å². The van der Waals surface area contributed by atoms with Gasteiger partial charge in [0.1, 0.15) is 12.4 Å². The van der Waals surface area contributed by atoms with Crippen LogP contribution in [0.25, 0.3) is 0 Å². The summed E-state index contributed by atoms with van der Waals surface area (Å²) in [7, 11) is 0. The lowest BCUT2D eigenvalue weighted by Gasteiger charge is -2.14. The van der Waals surface area contributed by atoms with Crippen molar-refractivity contribution in [3.63, 3.8) is 0 Å². The summed E-state index contributed by atoms with van der Waals surface area (Å²) in [4.78, 5) is 1.21. The lowest BCUT2D eigenvalue weighted by molar-refractivity contribution is 0.309. The number of rotatable bonds is 7. The summed E-state index contributed by atoms with van der Waals surface area (Å²) in [5.74, 6) is 0.914. The standard InChI is InChI=1S/C16H20BrNOS/c1-3-9-18-12(2)13-4-6-14(7-5-13)19-11-16-15(17)8-10-20-16/h4-8,10,12,18H,3,9,11H2,1-2H3. The van der Waals surface area contributed by atoms with Crippen LogP contribution in [0.3, 0.4) is 0 Å². The number of ether oxygens (including phenoxy) is 1. The fraction of sp³-hybridized carbons (Fsp3) is 0.375. The molecular formula is C16H20BrNOS. The zero-order valence-electron chi connectivity index (χ0n) is 11.9. The molecule has 0 saturated heterocycles. The highest BCUT2D eigenvalue weighted by molar-refractivity contribution is 9.10. The zero-order valence-corrected chi connectivity index (χ0v) is 14.3. The average Bonchev–Trinajstić information content (AvgIpc) is 2.88. The van der Waals surface area contributed by atoms with Gasteiger partial charge in [-0.2, -0.15) is 0 Å². The average molecular weight is 354 g/mol. The fourth-order valence-corrected chi connectivity index (χ4v) is 3.29. The van der Waals surface area contributed by atoms with Crippen LogP contribution in [0.5, 0.6) is 5.75 Å². The second kappa shape index (κ2) is 7.81. The Labute approximate surface area is 133 Å². The van der Waals surface area contributed by atoms with Gasteiger partial charge in [0.25, 0.3) is 0 Å². The SMILES string of the molecule is CCCNC(C)c1ccc(OCc2sccc2Br)cc1. The molecule has 0 spiro atoms. The van der Waals surface area contributed by atoms with Crippen LogP contribution in [0.1, 0.15) is 36.8 Å². The van der Waals surface area contributed by atoms with E-state index in [1.165, 1.54) is 10.4 Å². The first-order chi connectivity index (χ1) is 9.70.